The Labute approximate surface area is 189 Å². The van der Waals surface area contributed by atoms with Gasteiger partial charge in [0.1, 0.15) is 0 Å². The number of hydrogen-bond donors (Lipinski definition) is 0. The minimum atomic E-state index is -6.21. The molecule has 3 rings (SSSR count). The van der Waals surface area contributed by atoms with E-state index in [9.17, 15) is 31.2 Å². The molecule has 0 aromatic heterocycles. The van der Waals surface area contributed by atoms with Gasteiger partial charge < -0.3 is 0 Å². The van der Waals surface area contributed by atoms with Gasteiger partial charge in [-0.2, -0.15) is 21.6 Å². The monoisotopic (exact) mass is 481 g/mol. The van der Waals surface area contributed by atoms with Gasteiger partial charge in [-0.05, 0) is 30.0 Å². The summed E-state index contributed by atoms with van der Waals surface area (Å²) in [4.78, 5) is 25.3. The van der Waals surface area contributed by atoms with Crippen molar-refractivity contribution in [2.24, 2.45) is 0 Å². The van der Waals surface area contributed by atoms with Crippen molar-refractivity contribution in [1.29, 1.82) is 0 Å². The third-order valence-corrected chi connectivity index (χ3v) is 6.12. The van der Waals surface area contributed by atoms with Crippen molar-refractivity contribution in [2.75, 3.05) is 0 Å². The van der Waals surface area contributed by atoms with Gasteiger partial charge in [-0.3, -0.25) is 9.59 Å². The number of alkyl halides is 3. The number of benzene rings is 2. The second-order valence-corrected chi connectivity index (χ2v) is 9.11. The van der Waals surface area contributed by atoms with E-state index in [1.54, 1.807) is 6.07 Å². The minimum absolute atomic E-state index is 0.154. The van der Waals surface area contributed by atoms with Crippen LogP contribution in [0.25, 0.3) is 10.8 Å². The Balaban J connectivity index is 1.86. The smallest absolute Gasteiger partial charge is 0.266 e. The maximum absolute atomic E-state index is 12.7. The number of rotatable bonds is 8. The second kappa shape index (κ2) is 9.93. The van der Waals surface area contributed by atoms with E-state index in [4.69, 9.17) is 0 Å². The predicted molar refractivity (Wildman–Crippen MR) is 115 cm³/mol. The molecule has 0 saturated heterocycles. The molecule has 0 saturated carbocycles. The molecule has 2 amide bonds. The highest BCUT2D eigenvalue weighted by molar-refractivity contribution is 7.87. The molecule has 176 valence electrons. The molecule has 1 heterocycles. The summed E-state index contributed by atoms with van der Waals surface area (Å²) in [5.74, 6) is 3.50. The van der Waals surface area contributed by atoms with E-state index in [-0.39, 0.29) is 21.6 Å². The molecule has 2 aromatic carbocycles. The number of hydrogen-bond acceptors (Lipinski definition) is 5. The van der Waals surface area contributed by atoms with Crippen LogP contribution in [0, 0.1) is 11.8 Å². The molecule has 0 N–H and O–H groups in total. The topological polar surface area (TPSA) is 80.8 Å². The maximum Gasteiger partial charge on any atom is 0.525 e. The summed E-state index contributed by atoms with van der Waals surface area (Å²) in [7, 11) is -6.21. The summed E-state index contributed by atoms with van der Waals surface area (Å²) < 4.78 is 64.7. The quantitative estimate of drug-likeness (QED) is 0.221. The molecule has 2 aromatic rings. The Hall–Kier alpha value is -2.90. The molecule has 0 aliphatic carbocycles. The van der Waals surface area contributed by atoms with Crippen LogP contribution in [-0.4, -0.2) is 30.8 Å². The van der Waals surface area contributed by atoms with Crippen LogP contribution in [0.1, 0.15) is 78.1 Å². The summed E-state index contributed by atoms with van der Waals surface area (Å²) in [5.41, 5.74) is -5.55. The van der Waals surface area contributed by atoms with Crippen molar-refractivity contribution in [3.8, 4) is 11.8 Å². The zero-order chi connectivity index (χ0) is 24.2. The van der Waals surface area contributed by atoms with Crippen molar-refractivity contribution in [2.45, 2.75) is 57.4 Å². The Kier molecular flexibility index (Phi) is 7.44. The first-order valence-corrected chi connectivity index (χ1v) is 11.9. The molecule has 0 spiro atoms. The molecule has 1 aliphatic rings. The van der Waals surface area contributed by atoms with E-state index in [2.05, 4.69) is 23.0 Å². The van der Waals surface area contributed by atoms with E-state index in [0.717, 1.165) is 19.3 Å². The van der Waals surface area contributed by atoms with E-state index in [0.29, 0.717) is 17.4 Å². The lowest BCUT2D eigenvalue weighted by Crippen LogP contribution is -2.44. The van der Waals surface area contributed by atoms with E-state index in [1.165, 1.54) is 43.5 Å². The first-order chi connectivity index (χ1) is 15.6. The highest BCUT2D eigenvalue weighted by Crippen LogP contribution is 2.34. The van der Waals surface area contributed by atoms with E-state index >= 15 is 0 Å². The molecule has 0 atom stereocenters. The standard InChI is InChI=1S/C23H22F3NO5S/c1-2-3-4-5-6-7-8-9-11-16-14-15-19-20-17(16)12-10-13-18(20)21(28)27(22(19)29)32-33(30,31)23(24,25)26/h10,12-15H,2-8H2,1H3. The van der Waals surface area contributed by atoms with Gasteiger partial charge in [0.05, 0.1) is 11.1 Å². The van der Waals surface area contributed by atoms with E-state index in [1.807, 2.05) is 0 Å². The SMILES string of the molecule is CCCCCCCCC#Cc1ccc2c3c(cccc13)C(=O)N(OS(=O)(=O)C(F)(F)F)C2=O. The molecular weight excluding hydrogens is 459 g/mol. The normalized spacial score (nSPS) is 13.9. The van der Waals surface area contributed by atoms with Crippen LogP contribution in [0.4, 0.5) is 13.2 Å². The van der Waals surface area contributed by atoms with Crippen LogP contribution >= 0.6 is 0 Å². The van der Waals surface area contributed by atoms with Gasteiger partial charge in [-0.1, -0.05) is 63.0 Å². The first-order valence-electron chi connectivity index (χ1n) is 10.5. The van der Waals surface area contributed by atoms with Crippen molar-refractivity contribution >= 4 is 32.7 Å². The maximum atomic E-state index is 12.7. The van der Waals surface area contributed by atoms with Gasteiger partial charge in [-0.15, -0.1) is 9.35 Å². The molecule has 0 bridgehead atoms. The molecule has 0 radical (unpaired) electrons. The van der Waals surface area contributed by atoms with E-state index < -0.39 is 27.4 Å². The average Bonchev–Trinajstić information content (AvgIpc) is 2.76. The summed E-state index contributed by atoms with van der Waals surface area (Å²) >= 11 is 0. The lowest BCUT2D eigenvalue weighted by molar-refractivity contribution is -0.0761. The van der Waals surface area contributed by atoms with Crippen molar-refractivity contribution < 1.29 is 35.5 Å². The number of halogens is 3. The minimum Gasteiger partial charge on any atom is -0.266 e. The average molecular weight is 481 g/mol. The lowest BCUT2D eigenvalue weighted by atomic mass is 9.92. The highest BCUT2D eigenvalue weighted by Gasteiger charge is 2.51. The molecule has 0 unspecified atom stereocenters. The number of nitrogens with zero attached hydrogens (tertiary/aromatic N) is 1. The van der Waals surface area contributed by atoms with Crippen molar-refractivity contribution in [3.63, 3.8) is 0 Å². The Morgan fingerprint density at radius 1 is 0.939 bits per heavy atom. The van der Waals surface area contributed by atoms with Gasteiger partial charge in [-0.25, -0.2) is 0 Å². The third-order valence-electron chi connectivity index (χ3n) is 5.20. The fraction of sp³-hybridized carbons (Fsp3) is 0.391. The zero-order valence-electron chi connectivity index (χ0n) is 17.9. The molecule has 33 heavy (non-hydrogen) atoms. The summed E-state index contributed by atoms with van der Waals surface area (Å²) in [6.07, 6.45) is 7.47. The van der Waals surface area contributed by atoms with Gasteiger partial charge >= 0.3 is 15.6 Å². The Bertz CT molecular complexity index is 1220. The third kappa shape index (κ3) is 5.20. The largest absolute Gasteiger partial charge is 0.525 e. The fourth-order valence-electron chi connectivity index (χ4n) is 3.54. The summed E-state index contributed by atoms with van der Waals surface area (Å²) in [6, 6.07) is 7.21. The number of carbonyl (C=O) groups is 2. The number of carbonyl (C=O) groups excluding carboxylic acids is 2. The molecule has 1 aliphatic heterocycles. The number of unbranched alkanes of at least 4 members (excludes halogenated alkanes) is 6. The Morgan fingerprint density at radius 2 is 1.58 bits per heavy atom. The molecular formula is C23H22F3NO5S. The van der Waals surface area contributed by atoms with Crippen LogP contribution < -0.4 is 0 Å². The number of imide groups is 1. The Morgan fingerprint density at radius 3 is 2.24 bits per heavy atom. The molecule has 0 fully saturated rings. The zero-order valence-corrected chi connectivity index (χ0v) is 18.7. The fourth-order valence-corrected chi connectivity index (χ4v) is 3.96. The van der Waals surface area contributed by atoms with Gasteiger partial charge in [0.25, 0.3) is 11.8 Å². The predicted octanol–water partition coefficient (Wildman–Crippen LogP) is 5.32. The van der Waals surface area contributed by atoms with Crippen LogP contribution in [0.15, 0.2) is 30.3 Å². The van der Waals surface area contributed by atoms with Gasteiger partial charge in [0.15, 0.2) is 0 Å². The highest BCUT2D eigenvalue weighted by atomic mass is 32.2. The second-order valence-electron chi connectivity index (χ2n) is 7.59. The van der Waals surface area contributed by atoms with Gasteiger partial charge in [0, 0.05) is 17.4 Å². The van der Waals surface area contributed by atoms with Crippen molar-refractivity contribution in [1.82, 2.24) is 5.06 Å². The summed E-state index contributed by atoms with van der Waals surface area (Å²) in [6.45, 7) is 2.15. The van der Waals surface area contributed by atoms with Crippen LogP contribution in [0.3, 0.4) is 0 Å². The van der Waals surface area contributed by atoms with Crippen LogP contribution in [-0.2, 0) is 14.4 Å². The van der Waals surface area contributed by atoms with Crippen molar-refractivity contribution in [3.05, 3.63) is 47.0 Å². The number of amides is 2. The lowest BCUT2D eigenvalue weighted by Gasteiger charge is -2.25. The van der Waals surface area contributed by atoms with Crippen LogP contribution in [0.5, 0.6) is 0 Å². The van der Waals surface area contributed by atoms with Crippen LogP contribution in [0.2, 0.25) is 0 Å². The molecule has 10 heteroatoms. The molecule has 6 nitrogen and oxygen atoms in total. The number of hydroxylamine groups is 2. The van der Waals surface area contributed by atoms with Gasteiger partial charge in [0.2, 0.25) is 0 Å². The first kappa shape index (κ1) is 24.7. The summed E-state index contributed by atoms with van der Waals surface area (Å²) in [5, 5.41) is 0.299.